The highest BCUT2D eigenvalue weighted by molar-refractivity contribution is 6.02. The van der Waals surface area contributed by atoms with E-state index in [9.17, 15) is 9.59 Å². The predicted octanol–water partition coefficient (Wildman–Crippen LogP) is 2.31. The van der Waals surface area contributed by atoms with Gasteiger partial charge in [0, 0.05) is 18.5 Å². The second kappa shape index (κ2) is 6.32. The molecule has 5 nitrogen and oxygen atoms in total. The van der Waals surface area contributed by atoms with E-state index in [2.05, 4.69) is 15.0 Å². The molecule has 1 unspecified atom stereocenters. The van der Waals surface area contributed by atoms with Gasteiger partial charge < -0.3 is 10.1 Å². The van der Waals surface area contributed by atoms with Crippen LogP contribution in [0.2, 0.25) is 0 Å². The van der Waals surface area contributed by atoms with Crippen molar-refractivity contribution < 1.29 is 14.3 Å². The minimum absolute atomic E-state index is 0.0474. The highest BCUT2D eigenvalue weighted by Crippen LogP contribution is 2.31. The van der Waals surface area contributed by atoms with Crippen LogP contribution in [0.1, 0.15) is 26.2 Å². The topological polar surface area (TPSA) is 68.3 Å². The highest BCUT2D eigenvalue weighted by atomic mass is 16.5. The summed E-state index contributed by atoms with van der Waals surface area (Å²) in [6.45, 7) is 1.90. The van der Waals surface area contributed by atoms with Crippen LogP contribution in [0.25, 0.3) is 0 Å². The lowest BCUT2D eigenvalue weighted by Gasteiger charge is -2.08. The SMILES string of the molecule is COC(=O)CCC1=C(Nc2ccccn2)C(=O)C(C)C1. The molecule has 106 valence electrons. The summed E-state index contributed by atoms with van der Waals surface area (Å²) in [5.74, 6) is 0.409. The zero-order valence-corrected chi connectivity index (χ0v) is 11.7. The largest absolute Gasteiger partial charge is 0.469 e. The quantitative estimate of drug-likeness (QED) is 0.834. The van der Waals surface area contributed by atoms with Gasteiger partial charge in [0.2, 0.25) is 0 Å². The Morgan fingerprint density at radius 1 is 1.50 bits per heavy atom. The number of carbonyl (C=O) groups excluding carboxylic acids is 2. The molecule has 0 amide bonds. The van der Waals surface area contributed by atoms with Gasteiger partial charge >= 0.3 is 5.97 Å². The van der Waals surface area contributed by atoms with Gasteiger partial charge in [0.1, 0.15) is 5.82 Å². The third-order valence-electron chi connectivity index (χ3n) is 3.38. The number of aromatic nitrogens is 1. The summed E-state index contributed by atoms with van der Waals surface area (Å²) >= 11 is 0. The molecular formula is C15H18N2O3. The molecule has 0 aliphatic heterocycles. The van der Waals surface area contributed by atoms with Crippen molar-refractivity contribution in [3.63, 3.8) is 0 Å². The molecule has 1 aromatic rings. The smallest absolute Gasteiger partial charge is 0.305 e. The first kappa shape index (κ1) is 14.2. The maximum Gasteiger partial charge on any atom is 0.305 e. The predicted molar refractivity (Wildman–Crippen MR) is 74.9 cm³/mol. The van der Waals surface area contributed by atoms with E-state index in [0.29, 0.717) is 30.8 Å². The van der Waals surface area contributed by atoms with Gasteiger partial charge in [-0.15, -0.1) is 0 Å². The summed E-state index contributed by atoms with van der Waals surface area (Å²) in [6.07, 6.45) is 3.18. The summed E-state index contributed by atoms with van der Waals surface area (Å²) < 4.78 is 4.64. The summed E-state index contributed by atoms with van der Waals surface area (Å²) in [5, 5.41) is 3.08. The minimum atomic E-state index is -0.262. The van der Waals surface area contributed by atoms with Crippen molar-refractivity contribution in [3.8, 4) is 0 Å². The van der Waals surface area contributed by atoms with Crippen LogP contribution < -0.4 is 5.32 Å². The molecule has 20 heavy (non-hydrogen) atoms. The van der Waals surface area contributed by atoms with Crippen molar-refractivity contribution in [2.24, 2.45) is 5.92 Å². The Balaban J connectivity index is 2.14. The molecule has 0 bridgehead atoms. The van der Waals surface area contributed by atoms with Gasteiger partial charge in [-0.05, 0) is 30.5 Å². The van der Waals surface area contributed by atoms with E-state index in [0.717, 1.165) is 5.57 Å². The second-order valence-corrected chi connectivity index (χ2v) is 4.86. The molecular weight excluding hydrogens is 256 g/mol. The van der Waals surface area contributed by atoms with Crippen molar-refractivity contribution in [2.45, 2.75) is 26.2 Å². The fourth-order valence-electron chi connectivity index (χ4n) is 2.28. The van der Waals surface area contributed by atoms with E-state index in [-0.39, 0.29) is 17.7 Å². The maximum atomic E-state index is 12.2. The Kier molecular flexibility index (Phi) is 4.50. The summed E-state index contributed by atoms with van der Waals surface area (Å²) in [4.78, 5) is 27.6. The van der Waals surface area contributed by atoms with Crippen molar-refractivity contribution >= 4 is 17.6 Å². The van der Waals surface area contributed by atoms with Crippen LogP contribution in [-0.2, 0) is 14.3 Å². The number of anilines is 1. The number of hydrogen-bond donors (Lipinski definition) is 1. The first-order valence-corrected chi connectivity index (χ1v) is 6.63. The van der Waals surface area contributed by atoms with Crippen molar-refractivity contribution in [1.29, 1.82) is 0 Å². The molecule has 1 aromatic heterocycles. The number of nitrogens with zero attached hydrogens (tertiary/aromatic N) is 1. The van der Waals surface area contributed by atoms with E-state index >= 15 is 0 Å². The van der Waals surface area contributed by atoms with Gasteiger partial charge in [0.25, 0.3) is 0 Å². The van der Waals surface area contributed by atoms with Gasteiger partial charge in [-0.2, -0.15) is 0 Å². The van der Waals surface area contributed by atoms with E-state index in [4.69, 9.17) is 0 Å². The van der Waals surface area contributed by atoms with E-state index in [1.807, 2.05) is 19.1 Å². The fraction of sp³-hybridized carbons (Fsp3) is 0.400. The molecule has 0 spiro atoms. The Morgan fingerprint density at radius 2 is 2.30 bits per heavy atom. The Morgan fingerprint density at radius 3 is 2.95 bits per heavy atom. The molecule has 5 heteroatoms. The van der Waals surface area contributed by atoms with Crippen LogP contribution in [-0.4, -0.2) is 23.8 Å². The third kappa shape index (κ3) is 3.23. The summed E-state index contributed by atoms with van der Waals surface area (Å²) in [6, 6.07) is 5.48. The maximum absolute atomic E-state index is 12.2. The van der Waals surface area contributed by atoms with Crippen molar-refractivity contribution in [1.82, 2.24) is 4.98 Å². The average Bonchev–Trinajstić information content (AvgIpc) is 2.73. The Bertz CT molecular complexity index is 537. The van der Waals surface area contributed by atoms with E-state index in [1.165, 1.54) is 7.11 Å². The van der Waals surface area contributed by atoms with Crippen LogP contribution in [0.3, 0.4) is 0 Å². The average molecular weight is 274 g/mol. The Hall–Kier alpha value is -2.17. The van der Waals surface area contributed by atoms with Crippen LogP contribution in [0, 0.1) is 5.92 Å². The Labute approximate surface area is 118 Å². The van der Waals surface area contributed by atoms with Crippen LogP contribution in [0.15, 0.2) is 35.7 Å². The number of nitrogens with one attached hydrogen (secondary N) is 1. The normalized spacial score (nSPS) is 18.3. The first-order valence-electron chi connectivity index (χ1n) is 6.63. The molecule has 2 rings (SSSR count). The van der Waals surface area contributed by atoms with Crippen molar-refractivity contribution in [2.75, 3.05) is 12.4 Å². The molecule has 1 aliphatic carbocycles. The molecule has 0 fully saturated rings. The lowest BCUT2D eigenvalue weighted by Crippen LogP contribution is -2.13. The highest BCUT2D eigenvalue weighted by Gasteiger charge is 2.30. The lowest BCUT2D eigenvalue weighted by atomic mass is 10.1. The number of Topliss-reactive ketones (excluding diaryl/α,β-unsaturated/α-hetero) is 1. The third-order valence-corrected chi connectivity index (χ3v) is 3.38. The molecule has 1 heterocycles. The first-order chi connectivity index (χ1) is 9.61. The number of carbonyl (C=O) groups is 2. The number of esters is 1. The van der Waals surface area contributed by atoms with Gasteiger partial charge in [0.05, 0.1) is 12.8 Å². The standard InChI is InChI=1S/C15H18N2O3/c1-10-9-11(6-7-13(18)20-2)14(15(10)19)17-12-5-3-4-8-16-12/h3-5,8,10H,6-7,9H2,1-2H3,(H,16,17). The minimum Gasteiger partial charge on any atom is -0.469 e. The molecule has 0 saturated carbocycles. The number of ketones is 1. The summed E-state index contributed by atoms with van der Waals surface area (Å²) in [5.41, 5.74) is 1.55. The zero-order chi connectivity index (χ0) is 14.5. The molecule has 0 radical (unpaired) electrons. The van der Waals surface area contributed by atoms with Crippen LogP contribution >= 0.6 is 0 Å². The van der Waals surface area contributed by atoms with Gasteiger partial charge in [-0.25, -0.2) is 4.98 Å². The van der Waals surface area contributed by atoms with Gasteiger partial charge in [0.15, 0.2) is 5.78 Å². The number of hydrogen-bond acceptors (Lipinski definition) is 5. The van der Waals surface area contributed by atoms with Crippen molar-refractivity contribution in [3.05, 3.63) is 35.7 Å². The monoisotopic (exact) mass is 274 g/mol. The second-order valence-electron chi connectivity index (χ2n) is 4.86. The van der Waals surface area contributed by atoms with Crippen LogP contribution in [0.4, 0.5) is 5.82 Å². The number of rotatable bonds is 5. The number of methoxy groups -OCH3 is 1. The number of pyridine rings is 1. The van der Waals surface area contributed by atoms with Gasteiger partial charge in [-0.3, -0.25) is 9.59 Å². The fourth-order valence-corrected chi connectivity index (χ4v) is 2.28. The number of ether oxygens (including phenoxy) is 1. The molecule has 1 N–H and O–H groups in total. The zero-order valence-electron chi connectivity index (χ0n) is 11.7. The number of allylic oxidation sites excluding steroid dienone is 2. The van der Waals surface area contributed by atoms with Crippen LogP contribution in [0.5, 0.6) is 0 Å². The molecule has 1 aliphatic rings. The molecule has 0 aromatic carbocycles. The molecule has 1 atom stereocenters. The summed E-state index contributed by atoms with van der Waals surface area (Å²) in [7, 11) is 1.37. The lowest BCUT2D eigenvalue weighted by molar-refractivity contribution is -0.140. The van der Waals surface area contributed by atoms with E-state index in [1.54, 1.807) is 12.3 Å². The van der Waals surface area contributed by atoms with E-state index < -0.39 is 0 Å². The van der Waals surface area contributed by atoms with Gasteiger partial charge in [-0.1, -0.05) is 13.0 Å². The molecule has 0 saturated heterocycles.